The average molecular weight is 382 g/mol. The lowest BCUT2D eigenvalue weighted by molar-refractivity contribution is -0.141. The molecule has 0 aliphatic heterocycles. The maximum atomic E-state index is 13.1. The second kappa shape index (κ2) is 7.29. The topological polar surface area (TPSA) is 75.2 Å². The zero-order valence-electron chi connectivity index (χ0n) is 14.8. The van der Waals surface area contributed by atoms with Crippen LogP contribution in [0.15, 0.2) is 34.9 Å². The molecule has 10 heteroatoms. The minimum Gasteiger partial charge on any atom is -0.494 e. The van der Waals surface area contributed by atoms with Gasteiger partial charge in [0.2, 0.25) is 0 Å². The van der Waals surface area contributed by atoms with Gasteiger partial charge in [-0.3, -0.25) is 4.68 Å². The summed E-state index contributed by atoms with van der Waals surface area (Å²) in [4.78, 5) is 0. The van der Waals surface area contributed by atoms with Gasteiger partial charge < -0.3 is 13.9 Å². The number of rotatable bonds is 6. The minimum atomic E-state index is -4.63. The molecule has 7 nitrogen and oxygen atoms in total. The third-order valence-corrected chi connectivity index (χ3v) is 3.56. The van der Waals surface area contributed by atoms with Crippen molar-refractivity contribution in [2.75, 3.05) is 6.61 Å². The number of hydrogen-bond donors (Lipinski definition) is 0. The van der Waals surface area contributed by atoms with Gasteiger partial charge in [-0.25, -0.2) is 0 Å². The largest absolute Gasteiger partial charge is 0.494 e. The molecule has 1 atom stereocenters. The summed E-state index contributed by atoms with van der Waals surface area (Å²) in [6, 6.07) is 6.91. The Bertz CT molecular complexity index is 903. The smallest absolute Gasteiger partial charge is 0.435 e. The van der Waals surface area contributed by atoms with Crippen molar-refractivity contribution >= 4 is 0 Å². The number of ether oxygens (including phenoxy) is 2. The summed E-state index contributed by atoms with van der Waals surface area (Å²) in [6.45, 7) is 4.09. The minimum absolute atomic E-state index is 0.0517. The van der Waals surface area contributed by atoms with Crippen molar-refractivity contribution in [3.63, 3.8) is 0 Å². The number of nitrogens with zero attached hydrogens (tertiary/aromatic N) is 4. The highest BCUT2D eigenvalue weighted by molar-refractivity contribution is 5.55. The zero-order chi connectivity index (χ0) is 19.6. The Kier molecular flexibility index (Phi) is 5.06. The average Bonchev–Trinajstić information content (AvgIpc) is 3.23. The summed E-state index contributed by atoms with van der Waals surface area (Å²) in [5, 5.41) is 10.9. The fourth-order valence-electron chi connectivity index (χ4n) is 2.40. The van der Waals surface area contributed by atoms with Crippen LogP contribution in [-0.4, -0.2) is 26.6 Å². The normalized spacial score (nSPS) is 12.8. The van der Waals surface area contributed by atoms with Gasteiger partial charge in [-0.2, -0.15) is 18.3 Å². The second-order valence-electron chi connectivity index (χ2n) is 5.67. The molecule has 3 aromatic rings. The highest BCUT2D eigenvalue weighted by Crippen LogP contribution is 2.36. The van der Waals surface area contributed by atoms with Gasteiger partial charge >= 0.3 is 6.18 Å². The highest BCUT2D eigenvalue weighted by atomic mass is 19.4. The molecule has 0 radical (unpaired) electrons. The van der Waals surface area contributed by atoms with E-state index in [4.69, 9.17) is 13.9 Å². The van der Waals surface area contributed by atoms with Gasteiger partial charge in [0.05, 0.1) is 12.2 Å². The van der Waals surface area contributed by atoms with E-state index in [1.54, 1.807) is 31.2 Å². The van der Waals surface area contributed by atoms with Crippen molar-refractivity contribution in [2.24, 2.45) is 7.05 Å². The molecule has 1 unspecified atom stereocenters. The van der Waals surface area contributed by atoms with Crippen LogP contribution in [0.4, 0.5) is 13.2 Å². The van der Waals surface area contributed by atoms with Gasteiger partial charge in [0, 0.05) is 13.2 Å². The van der Waals surface area contributed by atoms with Crippen LogP contribution in [0.2, 0.25) is 0 Å². The first-order valence-electron chi connectivity index (χ1n) is 8.12. The van der Waals surface area contributed by atoms with Gasteiger partial charge in [0.1, 0.15) is 11.5 Å². The molecule has 2 aromatic heterocycles. The van der Waals surface area contributed by atoms with Crippen LogP contribution in [0.1, 0.15) is 31.5 Å². The Morgan fingerprint density at radius 3 is 2.44 bits per heavy atom. The van der Waals surface area contributed by atoms with Gasteiger partial charge in [-0.15, -0.1) is 10.2 Å². The van der Waals surface area contributed by atoms with E-state index in [1.165, 1.54) is 13.2 Å². The highest BCUT2D eigenvalue weighted by Gasteiger charge is 2.39. The lowest BCUT2D eigenvalue weighted by Gasteiger charge is -2.11. The maximum absolute atomic E-state index is 13.1. The first-order chi connectivity index (χ1) is 12.8. The van der Waals surface area contributed by atoms with E-state index >= 15 is 0 Å². The molecule has 0 N–H and O–H groups in total. The maximum Gasteiger partial charge on any atom is 0.435 e. The molecular formula is C17H17F3N4O3. The van der Waals surface area contributed by atoms with Gasteiger partial charge in [0.15, 0.2) is 11.8 Å². The Hall–Kier alpha value is -3.04. The third kappa shape index (κ3) is 4.21. The Morgan fingerprint density at radius 1 is 1.15 bits per heavy atom. The molecule has 0 amide bonds. The summed E-state index contributed by atoms with van der Waals surface area (Å²) in [7, 11) is 1.38. The lowest BCUT2D eigenvalue weighted by atomic mass is 10.2. The molecule has 0 spiro atoms. The van der Waals surface area contributed by atoms with E-state index in [1.807, 2.05) is 6.92 Å². The number of alkyl halides is 3. The van der Waals surface area contributed by atoms with E-state index < -0.39 is 18.0 Å². The molecule has 144 valence electrons. The van der Waals surface area contributed by atoms with E-state index in [-0.39, 0.29) is 17.3 Å². The van der Waals surface area contributed by atoms with Gasteiger partial charge in [-0.05, 0) is 38.1 Å². The van der Waals surface area contributed by atoms with Crippen molar-refractivity contribution in [1.82, 2.24) is 20.0 Å². The summed E-state index contributed by atoms with van der Waals surface area (Å²) >= 11 is 0. The fraction of sp³-hybridized carbons (Fsp3) is 0.353. The summed E-state index contributed by atoms with van der Waals surface area (Å²) in [5.41, 5.74) is -1.36. The molecule has 2 heterocycles. The van der Waals surface area contributed by atoms with Crippen LogP contribution < -0.4 is 9.47 Å². The van der Waals surface area contributed by atoms with Crippen LogP contribution in [-0.2, 0) is 13.2 Å². The number of benzene rings is 1. The Balaban J connectivity index is 1.77. The predicted octanol–water partition coefficient (Wildman–Crippen LogP) is 4.03. The van der Waals surface area contributed by atoms with Crippen LogP contribution >= 0.6 is 0 Å². The molecule has 0 aliphatic rings. The standard InChI is InChI=1S/C17H17F3N4O3/c1-4-25-11-5-7-12(8-6-11)26-10(2)15-21-22-16(27-15)13-9-24(3)23-14(13)17(18,19)20/h5-10H,4H2,1-3H3. The third-order valence-electron chi connectivity index (χ3n) is 3.56. The van der Waals surface area contributed by atoms with Crippen LogP contribution in [0, 0.1) is 0 Å². The van der Waals surface area contributed by atoms with Crippen molar-refractivity contribution in [2.45, 2.75) is 26.1 Å². The van der Waals surface area contributed by atoms with Crippen molar-refractivity contribution in [3.05, 3.63) is 42.0 Å². The van der Waals surface area contributed by atoms with E-state index in [9.17, 15) is 13.2 Å². The number of aryl methyl sites for hydroxylation is 1. The molecule has 0 saturated heterocycles. The molecular weight excluding hydrogens is 365 g/mol. The number of halogens is 3. The second-order valence-corrected chi connectivity index (χ2v) is 5.67. The first-order valence-corrected chi connectivity index (χ1v) is 8.12. The van der Waals surface area contributed by atoms with Crippen LogP contribution in [0.5, 0.6) is 11.5 Å². The number of aromatic nitrogens is 4. The molecule has 27 heavy (non-hydrogen) atoms. The van der Waals surface area contributed by atoms with Crippen LogP contribution in [0.25, 0.3) is 11.5 Å². The van der Waals surface area contributed by atoms with E-state index in [2.05, 4.69) is 15.3 Å². The van der Waals surface area contributed by atoms with Gasteiger partial charge in [0.25, 0.3) is 11.8 Å². The van der Waals surface area contributed by atoms with Gasteiger partial charge in [-0.1, -0.05) is 0 Å². The monoisotopic (exact) mass is 382 g/mol. The zero-order valence-corrected chi connectivity index (χ0v) is 14.8. The summed E-state index contributed by atoms with van der Waals surface area (Å²) in [6.07, 6.45) is -4.11. The van der Waals surface area contributed by atoms with E-state index in [0.29, 0.717) is 18.1 Å². The molecule has 0 bridgehead atoms. The SMILES string of the molecule is CCOc1ccc(OC(C)c2nnc(-c3cn(C)nc3C(F)(F)F)o2)cc1. The molecule has 3 rings (SSSR count). The summed E-state index contributed by atoms with van der Waals surface area (Å²) < 4.78 is 56.7. The van der Waals surface area contributed by atoms with Crippen molar-refractivity contribution in [1.29, 1.82) is 0 Å². The van der Waals surface area contributed by atoms with E-state index in [0.717, 1.165) is 4.68 Å². The molecule has 0 aliphatic carbocycles. The molecule has 0 saturated carbocycles. The van der Waals surface area contributed by atoms with Crippen molar-refractivity contribution < 1.29 is 27.1 Å². The Morgan fingerprint density at radius 2 is 1.81 bits per heavy atom. The fourth-order valence-corrected chi connectivity index (χ4v) is 2.40. The Labute approximate surface area is 152 Å². The van der Waals surface area contributed by atoms with Crippen molar-refractivity contribution in [3.8, 4) is 23.0 Å². The van der Waals surface area contributed by atoms with Crippen LogP contribution in [0.3, 0.4) is 0 Å². The predicted molar refractivity (Wildman–Crippen MR) is 88.2 cm³/mol. The lowest BCUT2D eigenvalue weighted by Crippen LogP contribution is -2.08. The molecule has 1 aromatic carbocycles. The quantitative estimate of drug-likeness (QED) is 0.641. The molecule has 0 fully saturated rings. The number of hydrogen-bond acceptors (Lipinski definition) is 6. The summed E-state index contributed by atoms with van der Waals surface area (Å²) in [5.74, 6) is 1.01. The first kappa shape index (κ1) is 18.7.